The van der Waals surface area contributed by atoms with Crippen molar-refractivity contribution in [1.82, 2.24) is 4.90 Å². The van der Waals surface area contributed by atoms with Crippen LogP contribution in [0.15, 0.2) is 24.3 Å². The smallest absolute Gasteiger partial charge is 0.321 e. The minimum absolute atomic E-state index is 0.0345. The molecule has 0 unspecified atom stereocenters. The molecule has 2 rings (SSSR count). The fourth-order valence-corrected chi connectivity index (χ4v) is 2.66. The van der Waals surface area contributed by atoms with Crippen molar-refractivity contribution in [3.63, 3.8) is 0 Å². The number of anilines is 1. The van der Waals surface area contributed by atoms with Crippen LogP contribution in [0.2, 0.25) is 0 Å². The zero-order valence-electron chi connectivity index (χ0n) is 12.8. The van der Waals surface area contributed by atoms with Gasteiger partial charge in [0.15, 0.2) is 0 Å². The highest BCUT2D eigenvalue weighted by atomic mass is 16.3. The molecule has 0 saturated carbocycles. The molecule has 0 bridgehead atoms. The molecule has 21 heavy (non-hydrogen) atoms. The van der Waals surface area contributed by atoms with Crippen LogP contribution in [0.1, 0.15) is 38.2 Å². The third kappa shape index (κ3) is 4.74. The summed E-state index contributed by atoms with van der Waals surface area (Å²) < 4.78 is 0. The molecule has 116 valence electrons. The number of unbranched alkanes of at least 4 members (excludes halogenated alkanes) is 1. The number of aliphatic hydroxyl groups excluding tert-OH is 1. The lowest BCUT2D eigenvalue weighted by Gasteiger charge is -2.31. The van der Waals surface area contributed by atoms with E-state index in [9.17, 15) is 4.79 Å². The van der Waals surface area contributed by atoms with Gasteiger partial charge in [-0.15, -0.1) is 0 Å². The Bertz CT molecular complexity index is 437. The Kier molecular flexibility index (Phi) is 6.05. The van der Waals surface area contributed by atoms with Gasteiger partial charge in [0, 0.05) is 25.4 Å². The number of carbonyl (C=O) groups is 1. The Morgan fingerprint density at radius 1 is 1.29 bits per heavy atom. The van der Waals surface area contributed by atoms with Crippen LogP contribution in [0.4, 0.5) is 10.5 Å². The predicted molar refractivity (Wildman–Crippen MR) is 85.5 cm³/mol. The van der Waals surface area contributed by atoms with Gasteiger partial charge in [0.25, 0.3) is 0 Å². The van der Waals surface area contributed by atoms with Crippen LogP contribution >= 0.6 is 0 Å². The Labute approximate surface area is 127 Å². The number of rotatable bonds is 5. The van der Waals surface area contributed by atoms with Gasteiger partial charge in [-0.2, -0.15) is 0 Å². The molecule has 0 atom stereocenters. The molecule has 1 aliphatic rings. The second kappa shape index (κ2) is 8.03. The molecule has 1 saturated heterocycles. The summed E-state index contributed by atoms with van der Waals surface area (Å²) in [6.07, 6.45) is 5.27. The molecule has 2 N–H and O–H groups in total. The molecule has 4 nitrogen and oxygen atoms in total. The van der Waals surface area contributed by atoms with Gasteiger partial charge in [-0.05, 0) is 49.3 Å². The zero-order valence-corrected chi connectivity index (χ0v) is 12.8. The molecule has 1 aromatic carbocycles. The van der Waals surface area contributed by atoms with Gasteiger partial charge in [0.05, 0.1) is 0 Å². The minimum atomic E-state index is -0.0345. The van der Waals surface area contributed by atoms with Gasteiger partial charge in [0.2, 0.25) is 0 Å². The molecular weight excluding hydrogens is 264 g/mol. The SMILES string of the molecule is CCCCc1ccc(NC(=O)N2CCC(CO)CC2)cc1. The maximum Gasteiger partial charge on any atom is 0.321 e. The summed E-state index contributed by atoms with van der Waals surface area (Å²) in [6.45, 7) is 3.88. The molecule has 1 heterocycles. The summed E-state index contributed by atoms with van der Waals surface area (Å²) in [4.78, 5) is 14.0. The molecule has 1 fully saturated rings. The molecule has 0 aromatic heterocycles. The van der Waals surface area contributed by atoms with Gasteiger partial charge >= 0.3 is 6.03 Å². The van der Waals surface area contributed by atoms with Gasteiger partial charge in [-0.25, -0.2) is 4.79 Å². The van der Waals surface area contributed by atoms with Gasteiger partial charge in [-0.1, -0.05) is 25.5 Å². The average molecular weight is 290 g/mol. The first-order valence-corrected chi connectivity index (χ1v) is 7.98. The minimum Gasteiger partial charge on any atom is -0.396 e. The number of benzene rings is 1. The summed E-state index contributed by atoms with van der Waals surface area (Å²) >= 11 is 0. The maximum atomic E-state index is 12.2. The van der Waals surface area contributed by atoms with Crippen molar-refractivity contribution in [3.05, 3.63) is 29.8 Å². The van der Waals surface area contributed by atoms with Gasteiger partial charge < -0.3 is 15.3 Å². The average Bonchev–Trinajstić information content (AvgIpc) is 2.54. The first-order valence-electron chi connectivity index (χ1n) is 7.98. The molecule has 1 aliphatic heterocycles. The number of amides is 2. The number of hydrogen-bond acceptors (Lipinski definition) is 2. The van der Waals surface area contributed by atoms with Crippen LogP contribution in [-0.2, 0) is 6.42 Å². The Hall–Kier alpha value is -1.55. The van der Waals surface area contributed by atoms with E-state index in [-0.39, 0.29) is 12.6 Å². The summed E-state index contributed by atoms with van der Waals surface area (Å²) in [5.74, 6) is 0.354. The lowest BCUT2D eigenvalue weighted by molar-refractivity contribution is 0.143. The van der Waals surface area contributed by atoms with E-state index in [0.29, 0.717) is 5.92 Å². The second-order valence-electron chi connectivity index (χ2n) is 5.84. The van der Waals surface area contributed by atoms with Crippen molar-refractivity contribution < 1.29 is 9.90 Å². The number of urea groups is 1. The Morgan fingerprint density at radius 2 is 1.95 bits per heavy atom. The van der Waals surface area contributed by atoms with Crippen LogP contribution < -0.4 is 5.32 Å². The number of hydrogen-bond donors (Lipinski definition) is 2. The van der Waals surface area contributed by atoms with Crippen LogP contribution in [-0.4, -0.2) is 35.7 Å². The molecule has 0 radical (unpaired) electrons. The van der Waals surface area contributed by atoms with Crippen molar-refractivity contribution in [2.24, 2.45) is 5.92 Å². The third-order valence-electron chi connectivity index (χ3n) is 4.18. The summed E-state index contributed by atoms with van der Waals surface area (Å²) in [7, 11) is 0. The van der Waals surface area contributed by atoms with E-state index in [0.717, 1.165) is 38.0 Å². The molecular formula is C17H26N2O2. The fourth-order valence-electron chi connectivity index (χ4n) is 2.66. The molecule has 0 spiro atoms. The van der Waals surface area contributed by atoms with Gasteiger partial charge in [0.1, 0.15) is 0 Å². The van der Waals surface area contributed by atoms with Crippen molar-refractivity contribution in [3.8, 4) is 0 Å². The number of nitrogens with one attached hydrogen (secondary N) is 1. The van der Waals surface area contributed by atoms with Crippen LogP contribution in [0.5, 0.6) is 0 Å². The van der Waals surface area contributed by atoms with Crippen molar-refractivity contribution >= 4 is 11.7 Å². The second-order valence-corrected chi connectivity index (χ2v) is 5.84. The highest BCUT2D eigenvalue weighted by Crippen LogP contribution is 2.18. The van der Waals surface area contributed by atoms with E-state index < -0.39 is 0 Å². The van der Waals surface area contributed by atoms with Crippen molar-refractivity contribution in [2.45, 2.75) is 39.0 Å². The number of likely N-dealkylation sites (tertiary alicyclic amines) is 1. The molecule has 2 amide bonds. The number of aliphatic hydroxyl groups is 1. The molecule has 1 aromatic rings. The number of carbonyl (C=O) groups excluding carboxylic acids is 1. The monoisotopic (exact) mass is 290 g/mol. The summed E-state index contributed by atoms with van der Waals surface area (Å²) in [5, 5.41) is 12.1. The van der Waals surface area contributed by atoms with Crippen molar-refractivity contribution in [1.29, 1.82) is 0 Å². The first-order chi connectivity index (χ1) is 10.2. The van der Waals surface area contributed by atoms with Crippen LogP contribution in [0.25, 0.3) is 0 Å². The molecule has 4 heteroatoms. The van der Waals surface area contributed by atoms with Gasteiger partial charge in [-0.3, -0.25) is 0 Å². The maximum absolute atomic E-state index is 12.2. The largest absolute Gasteiger partial charge is 0.396 e. The molecule has 0 aliphatic carbocycles. The number of nitrogens with zero attached hydrogens (tertiary/aromatic N) is 1. The standard InChI is InChI=1S/C17H26N2O2/c1-2-3-4-14-5-7-16(8-6-14)18-17(21)19-11-9-15(13-20)10-12-19/h5-8,15,20H,2-4,9-13H2,1H3,(H,18,21). The topological polar surface area (TPSA) is 52.6 Å². The van der Waals surface area contributed by atoms with Crippen molar-refractivity contribution in [2.75, 3.05) is 25.0 Å². The zero-order chi connectivity index (χ0) is 15.1. The van der Waals surface area contributed by atoms with Crippen LogP contribution in [0.3, 0.4) is 0 Å². The summed E-state index contributed by atoms with van der Waals surface area (Å²) in [5.41, 5.74) is 2.17. The number of piperidine rings is 1. The van der Waals surface area contributed by atoms with E-state index in [1.165, 1.54) is 18.4 Å². The lowest BCUT2D eigenvalue weighted by Crippen LogP contribution is -2.41. The third-order valence-corrected chi connectivity index (χ3v) is 4.18. The summed E-state index contributed by atoms with van der Waals surface area (Å²) in [6, 6.07) is 8.09. The van der Waals surface area contributed by atoms with E-state index in [4.69, 9.17) is 5.11 Å². The van der Waals surface area contributed by atoms with E-state index in [1.807, 2.05) is 17.0 Å². The van der Waals surface area contributed by atoms with E-state index in [1.54, 1.807) is 0 Å². The Balaban J connectivity index is 1.82. The van der Waals surface area contributed by atoms with E-state index in [2.05, 4.69) is 24.4 Å². The normalized spacial score (nSPS) is 16.0. The lowest BCUT2D eigenvalue weighted by atomic mass is 9.98. The highest BCUT2D eigenvalue weighted by molar-refractivity contribution is 5.89. The predicted octanol–water partition coefficient (Wildman–Crippen LogP) is 3.27. The fraction of sp³-hybridized carbons (Fsp3) is 0.588. The Morgan fingerprint density at radius 3 is 2.52 bits per heavy atom. The number of aryl methyl sites for hydroxylation is 1. The highest BCUT2D eigenvalue weighted by Gasteiger charge is 2.22. The quantitative estimate of drug-likeness (QED) is 0.874. The van der Waals surface area contributed by atoms with E-state index >= 15 is 0 Å². The first kappa shape index (κ1) is 15.8. The van der Waals surface area contributed by atoms with Crippen LogP contribution in [0, 0.1) is 5.92 Å².